The van der Waals surface area contributed by atoms with Gasteiger partial charge in [0.2, 0.25) is 0 Å². The second-order valence-corrected chi connectivity index (χ2v) is 6.25. The van der Waals surface area contributed by atoms with E-state index in [2.05, 4.69) is 64.3 Å². The Kier molecular flexibility index (Phi) is 5.36. The number of hydrogen-bond acceptors (Lipinski definition) is 2. The number of hydrazine groups is 1. The van der Waals surface area contributed by atoms with Gasteiger partial charge in [-0.25, -0.2) is 0 Å². The highest BCUT2D eigenvalue weighted by Crippen LogP contribution is 2.33. The van der Waals surface area contributed by atoms with Crippen molar-refractivity contribution in [2.24, 2.45) is 11.8 Å². The van der Waals surface area contributed by atoms with Gasteiger partial charge in [-0.2, -0.15) is 0 Å². The van der Waals surface area contributed by atoms with E-state index in [1.165, 1.54) is 24.0 Å². The molecule has 0 heterocycles. The van der Waals surface area contributed by atoms with E-state index in [-0.39, 0.29) is 11.5 Å². The van der Waals surface area contributed by atoms with Crippen LogP contribution in [0.5, 0.6) is 0 Å². The lowest BCUT2D eigenvalue weighted by atomic mass is 9.79. The maximum atomic E-state index is 5.80. The van der Waals surface area contributed by atoms with Gasteiger partial charge in [0, 0.05) is 6.04 Å². The molecule has 3 N–H and O–H groups in total. The normalized spacial score (nSPS) is 15.4. The van der Waals surface area contributed by atoms with Crippen molar-refractivity contribution in [3.63, 3.8) is 0 Å². The largest absolute Gasteiger partial charge is 0.271 e. The van der Waals surface area contributed by atoms with Gasteiger partial charge in [0.1, 0.15) is 0 Å². The Morgan fingerprint density at radius 1 is 1.22 bits per heavy atom. The lowest BCUT2D eigenvalue weighted by molar-refractivity contribution is 0.362. The monoisotopic (exact) mass is 248 g/mol. The highest BCUT2D eigenvalue weighted by molar-refractivity contribution is 5.35. The molecule has 1 aromatic carbocycles. The number of rotatable bonds is 5. The molecule has 0 aliphatic carbocycles. The van der Waals surface area contributed by atoms with Gasteiger partial charge >= 0.3 is 0 Å². The van der Waals surface area contributed by atoms with Gasteiger partial charge in [0.25, 0.3) is 0 Å². The SMILES string of the molecule is CCCC(C)C(NN)c1ccccc1C(C)(C)C. The molecule has 0 radical (unpaired) electrons. The minimum absolute atomic E-state index is 0.150. The third kappa shape index (κ3) is 3.56. The van der Waals surface area contributed by atoms with Gasteiger partial charge in [-0.1, -0.05) is 65.3 Å². The van der Waals surface area contributed by atoms with Crippen molar-refractivity contribution in [2.45, 2.75) is 58.9 Å². The van der Waals surface area contributed by atoms with Crippen LogP contribution in [-0.2, 0) is 5.41 Å². The topological polar surface area (TPSA) is 38.0 Å². The van der Waals surface area contributed by atoms with Crippen LogP contribution in [0.15, 0.2) is 24.3 Å². The van der Waals surface area contributed by atoms with Gasteiger partial charge in [-0.3, -0.25) is 11.3 Å². The smallest absolute Gasteiger partial charge is 0.0488 e. The molecule has 2 unspecified atom stereocenters. The summed E-state index contributed by atoms with van der Waals surface area (Å²) in [4.78, 5) is 0. The molecular formula is C16H28N2. The van der Waals surface area contributed by atoms with E-state index in [4.69, 9.17) is 5.84 Å². The highest BCUT2D eigenvalue weighted by atomic mass is 15.2. The van der Waals surface area contributed by atoms with Gasteiger partial charge < -0.3 is 0 Å². The summed E-state index contributed by atoms with van der Waals surface area (Å²) in [5, 5.41) is 0. The van der Waals surface area contributed by atoms with E-state index in [0.717, 1.165) is 0 Å². The van der Waals surface area contributed by atoms with Crippen LogP contribution in [0, 0.1) is 5.92 Å². The minimum Gasteiger partial charge on any atom is -0.271 e. The molecule has 2 atom stereocenters. The molecule has 1 aromatic rings. The maximum Gasteiger partial charge on any atom is 0.0488 e. The lowest BCUT2D eigenvalue weighted by Gasteiger charge is -2.30. The molecule has 2 heteroatoms. The van der Waals surface area contributed by atoms with Crippen molar-refractivity contribution in [1.82, 2.24) is 5.43 Å². The Bertz CT molecular complexity index is 366. The van der Waals surface area contributed by atoms with Crippen molar-refractivity contribution in [3.05, 3.63) is 35.4 Å². The van der Waals surface area contributed by atoms with Crippen LogP contribution in [0.1, 0.15) is 64.6 Å². The van der Waals surface area contributed by atoms with E-state index in [1.807, 2.05) is 0 Å². The average molecular weight is 248 g/mol. The van der Waals surface area contributed by atoms with Crippen molar-refractivity contribution < 1.29 is 0 Å². The van der Waals surface area contributed by atoms with Crippen LogP contribution < -0.4 is 11.3 Å². The number of benzene rings is 1. The summed E-state index contributed by atoms with van der Waals surface area (Å²) in [7, 11) is 0. The molecule has 2 nitrogen and oxygen atoms in total. The summed E-state index contributed by atoms with van der Waals surface area (Å²) in [5.74, 6) is 6.34. The second-order valence-electron chi connectivity index (χ2n) is 6.25. The molecule has 0 aromatic heterocycles. The Hall–Kier alpha value is -0.860. The Labute approximate surface area is 112 Å². The van der Waals surface area contributed by atoms with Crippen LogP contribution in [0.2, 0.25) is 0 Å². The predicted molar refractivity (Wildman–Crippen MR) is 79.3 cm³/mol. The quantitative estimate of drug-likeness (QED) is 0.612. The van der Waals surface area contributed by atoms with E-state index in [9.17, 15) is 0 Å². The standard InChI is InChI=1S/C16H28N2/c1-6-9-12(2)15(18-17)13-10-7-8-11-14(13)16(3,4)5/h7-8,10-12,15,18H,6,9,17H2,1-5H3. The van der Waals surface area contributed by atoms with Crippen molar-refractivity contribution in [2.75, 3.05) is 0 Å². The molecule has 18 heavy (non-hydrogen) atoms. The maximum absolute atomic E-state index is 5.80. The zero-order valence-electron chi connectivity index (χ0n) is 12.5. The molecule has 102 valence electrons. The van der Waals surface area contributed by atoms with Crippen molar-refractivity contribution >= 4 is 0 Å². The van der Waals surface area contributed by atoms with E-state index in [0.29, 0.717) is 5.92 Å². The first kappa shape index (κ1) is 15.2. The molecule has 0 spiro atoms. The van der Waals surface area contributed by atoms with Crippen molar-refractivity contribution in [3.8, 4) is 0 Å². The van der Waals surface area contributed by atoms with Gasteiger partial charge in [-0.15, -0.1) is 0 Å². The van der Waals surface area contributed by atoms with Crippen LogP contribution in [0.25, 0.3) is 0 Å². The third-order valence-electron chi connectivity index (χ3n) is 3.60. The van der Waals surface area contributed by atoms with Crippen LogP contribution in [0.3, 0.4) is 0 Å². The fourth-order valence-corrected chi connectivity index (χ4v) is 2.63. The fourth-order valence-electron chi connectivity index (χ4n) is 2.63. The van der Waals surface area contributed by atoms with E-state index in [1.54, 1.807) is 0 Å². The molecule has 1 rings (SSSR count). The lowest BCUT2D eigenvalue weighted by Crippen LogP contribution is -2.34. The van der Waals surface area contributed by atoms with Gasteiger partial charge in [0.15, 0.2) is 0 Å². The van der Waals surface area contributed by atoms with Crippen LogP contribution >= 0.6 is 0 Å². The minimum atomic E-state index is 0.150. The van der Waals surface area contributed by atoms with Gasteiger partial charge in [-0.05, 0) is 28.9 Å². The third-order valence-corrected chi connectivity index (χ3v) is 3.60. The zero-order chi connectivity index (χ0) is 13.8. The van der Waals surface area contributed by atoms with Crippen molar-refractivity contribution in [1.29, 1.82) is 0 Å². The molecule has 0 aliphatic heterocycles. The molecule has 0 bridgehead atoms. The summed E-state index contributed by atoms with van der Waals surface area (Å²) in [6.45, 7) is 11.3. The second kappa shape index (κ2) is 6.35. The summed E-state index contributed by atoms with van der Waals surface area (Å²) in [6, 6.07) is 8.88. The summed E-state index contributed by atoms with van der Waals surface area (Å²) in [6.07, 6.45) is 2.38. The van der Waals surface area contributed by atoms with E-state index >= 15 is 0 Å². The number of nitrogens with two attached hydrogens (primary N) is 1. The van der Waals surface area contributed by atoms with Gasteiger partial charge in [0.05, 0.1) is 0 Å². The molecule has 0 saturated carbocycles. The molecule has 0 fully saturated rings. The van der Waals surface area contributed by atoms with Crippen LogP contribution in [-0.4, -0.2) is 0 Å². The average Bonchev–Trinajstić information content (AvgIpc) is 2.29. The Balaban J connectivity index is 3.13. The van der Waals surface area contributed by atoms with E-state index < -0.39 is 0 Å². The van der Waals surface area contributed by atoms with Crippen LogP contribution in [0.4, 0.5) is 0 Å². The molecule has 0 aliphatic rings. The number of nitrogens with one attached hydrogen (secondary N) is 1. The summed E-state index contributed by atoms with van der Waals surface area (Å²) < 4.78 is 0. The molecular weight excluding hydrogens is 220 g/mol. The highest BCUT2D eigenvalue weighted by Gasteiger charge is 2.24. The summed E-state index contributed by atoms with van der Waals surface area (Å²) in [5.41, 5.74) is 5.89. The zero-order valence-corrected chi connectivity index (χ0v) is 12.5. The first-order chi connectivity index (χ1) is 8.41. The Morgan fingerprint density at radius 3 is 2.33 bits per heavy atom. The molecule has 0 saturated heterocycles. The first-order valence-corrected chi connectivity index (χ1v) is 6.97. The first-order valence-electron chi connectivity index (χ1n) is 6.97. The molecule has 0 amide bonds. The predicted octanol–water partition coefficient (Wildman–Crippen LogP) is 3.92. The fraction of sp³-hybridized carbons (Fsp3) is 0.625. The summed E-state index contributed by atoms with van der Waals surface area (Å²) >= 11 is 0. The Morgan fingerprint density at radius 2 is 1.83 bits per heavy atom. The number of hydrogen-bond donors (Lipinski definition) is 2.